The van der Waals surface area contributed by atoms with Crippen LogP contribution in [0, 0.1) is 0 Å². The van der Waals surface area contributed by atoms with Crippen molar-refractivity contribution >= 4 is 17.5 Å². The standard InChI is InChI=1S/C12H14O.C9H10O.C8H8O2.C5H12.3C2H6/c1-10(13)12(8-5-9-12)11-6-3-2-4-7-11;1-8(10)7-9-5-3-2-4-6-9;9-8(10)6-7-4-2-1-3-5-7;1-3-5-4-2;3*1-2/h2-4,6-7H,5,8-9H2,1H3;2-6H,7H2,1H3;1-5H,6H2,(H,9,10);3-5H2,1-2H3;3*1-2H3. The van der Waals surface area contributed by atoms with E-state index in [1.165, 1.54) is 31.2 Å². The van der Waals surface area contributed by atoms with Crippen LogP contribution in [0.1, 0.15) is 124 Å². The number of rotatable bonds is 8. The Morgan fingerprint density at radius 1 is 0.614 bits per heavy atom. The quantitative estimate of drug-likeness (QED) is 0.277. The summed E-state index contributed by atoms with van der Waals surface area (Å²) in [5, 5.41) is 8.37. The summed E-state index contributed by atoms with van der Waals surface area (Å²) in [6.07, 6.45) is 8.00. The van der Waals surface area contributed by atoms with Gasteiger partial charge in [0.1, 0.15) is 11.6 Å². The molecule has 0 amide bonds. The third kappa shape index (κ3) is 21.2. The van der Waals surface area contributed by atoms with Gasteiger partial charge in [-0.25, -0.2) is 0 Å². The maximum atomic E-state index is 11.5. The average Bonchev–Trinajstić information content (AvgIpc) is 3.02. The summed E-state index contributed by atoms with van der Waals surface area (Å²) in [6.45, 7) is 19.7. The van der Waals surface area contributed by atoms with Crippen molar-refractivity contribution in [2.75, 3.05) is 0 Å². The van der Waals surface area contributed by atoms with Gasteiger partial charge in [0.15, 0.2) is 0 Å². The molecule has 0 unspecified atom stereocenters. The number of carbonyl (C=O) groups excluding carboxylic acids is 2. The summed E-state index contributed by atoms with van der Waals surface area (Å²) in [7, 11) is 0. The molecule has 1 fully saturated rings. The molecule has 3 aromatic carbocycles. The summed E-state index contributed by atoms with van der Waals surface area (Å²) in [5.41, 5.74) is 3.01. The van der Waals surface area contributed by atoms with Gasteiger partial charge >= 0.3 is 5.97 Å². The summed E-state index contributed by atoms with van der Waals surface area (Å²) in [4.78, 5) is 32.3. The van der Waals surface area contributed by atoms with Crippen LogP contribution in [-0.2, 0) is 32.6 Å². The highest BCUT2D eigenvalue weighted by Crippen LogP contribution is 2.44. The molecule has 0 spiro atoms. The lowest BCUT2D eigenvalue weighted by Crippen LogP contribution is -2.40. The first-order valence-electron chi connectivity index (χ1n) is 16.6. The zero-order valence-electron chi connectivity index (χ0n) is 29.5. The summed E-state index contributed by atoms with van der Waals surface area (Å²) >= 11 is 0. The second-order valence-electron chi connectivity index (χ2n) is 9.63. The zero-order valence-corrected chi connectivity index (χ0v) is 29.5. The van der Waals surface area contributed by atoms with E-state index in [0.717, 1.165) is 24.0 Å². The molecule has 44 heavy (non-hydrogen) atoms. The molecule has 1 aliphatic rings. The van der Waals surface area contributed by atoms with Crippen LogP contribution in [0.25, 0.3) is 0 Å². The molecule has 4 nitrogen and oxygen atoms in total. The highest BCUT2D eigenvalue weighted by Gasteiger charge is 2.42. The topological polar surface area (TPSA) is 71.4 Å². The van der Waals surface area contributed by atoms with Gasteiger partial charge in [-0.15, -0.1) is 0 Å². The van der Waals surface area contributed by atoms with Crippen molar-refractivity contribution in [3.05, 3.63) is 108 Å². The van der Waals surface area contributed by atoms with Gasteiger partial charge in [0.25, 0.3) is 0 Å². The lowest BCUT2D eigenvalue weighted by Gasteiger charge is -2.40. The van der Waals surface area contributed by atoms with Crippen LogP contribution in [0.5, 0.6) is 0 Å². The number of Topliss-reactive ketones (excluding diaryl/α,β-unsaturated/α-hetero) is 2. The van der Waals surface area contributed by atoms with Gasteiger partial charge in [-0.1, -0.05) is 172 Å². The Bertz CT molecular complexity index is 1000. The maximum Gasteiger partial charge on any atom is 0.307 e. The predicted molar refractivity (Wildman–Crippen MR) is 191 cm³/mol. The van der Waals surface area contributed by atoms with Crippen molar-refractivity contribution in [1.29, 1.82) is 0 Å². The Kier molecular flexibility index (Phi) is 31.5. The number of hydrogen-bond donors (Lipinski definition) is 1. The first kappa shape index (κ1) is 44.9. The van der Waals surface area contributed by atoms with E-state index in [-0.39, 0.29) is 17.6 Å². The van der Waals surface area contributed by atoms with E-state index < -0.39 is 5.97 Å². The Morgan fingerprint density at radius 2 is 0.977 bits per heavy atom. The smallest absolute Gasteiger partial charge is 0.307 e. The number of ketones is 2. The predicted octanol–water partition coefficient (Wildman–Crippen LogP) is 11.1. The number of unbranched alkanes of at least 4 members (excludes halogenated alkanes) is 2. The highest BCUT2D eigenvalue weighted by molar-refractivity contribution is 5.89. The molecule has 1 saturated carbocycles. The Hall–Kier alpha value is -3.53. The number of carboxylic acids is 1. The third-order valence-corrected chi connectivity index (χ3v) is 6.41. The molecule has 1 aliphatic carbocycles. The van der Waals surface area contributed by atoms with Gasteiger partial charge in [0, 0.05) is 6.42 Å². The fourth-order valence-electron chi connectivity index (χ4n) is 4.14. The molecular weight excluding hydrogens is 544 g/mol. The summed E-state index contributed by atoms with van der Waals surface area (Å²) < 4.78 is 0. The van der Waals surface area contributed by atoms with E-state index in [4.69, 9.17) is 5.11 Å². The van der Waals surface area contributed by atoms with Gasteiger partial charge < -0.3 is 5.11 Å². The first-order valence-corrected chi connectivity index (χ1v) is 16.6. The van der Waals surface area contributed by atoms with Crippen molar-refractivity contribution < 1.29 is 19.5 Å². The largest absolute Gasteiger partial charge is 0.481 e. The van der Waals surface area contributed by atoms with Gasteiger partial charge in [0.2, 0.25) is 0 Å². The normalized spacial score (nSPS) is 11.2. The van der Waals surface area contributed by atoms with E-state index in [9.17, 15) is 14.4 Å². The molecule has 4 heteroatoms. The van der Waals surface area contributed by atoms with Crippen molar-refractivity contribution in [3.8, 4) is 0 Å². The van der Waals surface area contributed by atoms with Gasteiger partial charge in [-0.2, -0.15) is 0 Å². The van der Waals surface area contributed by atoms with Crippen LogP contribution in [0.4, 0.5) is 0 Å². The fraction of sp³-hybridized carbons (Fsp3) is 0.475. The number of benzene rings is 3. The van der Waals surface area contributed by atoms with Crippen molar-refractivity contribution in [1.82, 2.24) is 0 Å². The molecule has 0 aromatic heterocycles. The maximum absolute atomic E-state index is 11.5. The molecule has 0 atom stereocenters. The molecule has 0 saturated heterocycles. The fourth-order valence-corrected chi connectivity index (χ4v) is 4.14. The summed E-state index contributed by atoms with van der Waals surface area (Å²) in [5.74, 6) is -0.248. The average molecular weight is 607 g/mol. The monoisotopic (exact) mass is 606 g/mol. The number of aliphatic carboxylic acids is 1. The minimum atomic E-state index is -0.786. The Morgan fingerprint density at radius 3 is 1.23 bits per heavy atom. The van der Waals surface area contributed by atoms with Gasteiger partial charge in [0.05, 0.1) is 11.8 Å². The van der Waals surface area contributed by atoms with E-state index in [1.54, 1.807) is 26.0 Å². The molecule has 1 N–H and O–H groups in total. The molecule has 0 radical (unpaired) electrons. The lowest BCUT2D eigenvalue weighted by molar-refractivity contribution is -0.136. The summed E-state index contributed by atoms with van der Waals surface area (Å²) in [6, 6.07) is 29.0. The second-order valence-corrected chi connectivity index (χ2v) is 9.63. The van der Waals surface area contributed by atoms with Crippen molar-refractivity contribution in [3.63, 3.8) is 0 Å². The van der Waals surface area contributed by atoms with Crippen molar-refractivity contribution in [2.24, 2.45) is 0 Å². The van der Waals surface area contributed by atoms with E-state index >= 15 is 0 Å². The van der Waals surface area contributed by atoms with E-state index in [0.29, 0.717) is 12.2 Å². The molecule has 246 valence electrons. The van der Waals surface area contributed by atoms with Crippen LogP contribution in [0.2, 0.25) is 0 Å². The third-order valence-electron chi connectivity index (χ3n) is 6.41. The van der Waals surface area contributed by atoms with Crippen LogP contribution in [0.3, 0.4) is 0 Å². The Labute approximate surface area is 270 Å². The number of hydrogen-bond acceptors (Lipinski definition) is 3. The molecule has 4 rings (SSSR count). The van der Waals surface area contributed by atoms with Crippen molar-refractivity contribution in [2.45, 2.75) is 126 Å². The van der Waals surface area contributed by atoms with E-state index in [1.807, 2.05) is 108 Å². The highest BCUT2D eigenvalue weighted by atomic mass is 16.4. The van der Waals surface area contributed by atoms with Crippen LogP contribution >= 0.6 is 0 Å². The minimum Gasteiger partial charge on any atom is -0.481 e. The van der Waals surface area contributed by atoms with Gasteiger partial charge in [-0.05, 0) is 43.4 Å². The van der Waals surface area contributed by atoms with Gasteiger partial charge in [-0.3, -0.25) is 14.4 Å². The lowest BCUT2D eigenvalue weighted by atomic mass is 9.62. The first-order chi connectivity index (χ1) is 21.2. The number of carbonyl (C=O) groups is 3. The second kappa shape index (κ2) is 30.9. The van der Waals surface area contributed by atoms with Crippen LogP contribution in [-0.4, -0.2) is 22.6 Å². The molecule has 0 aliphatic heterocycles. The molecular formula is C40H62O4. The number of carboxylic acid groups (broad SMARTS) is 1. The van der Waals surface area contributed by atoms with Crippen LogP contribution in [0.15, 0.2) is 91.0 Å². The Balaban J connectivity index is -0.000000498. The van der Waals surface area contributed by atoms with Crippen LogP contribution < -0.4 is 0 Å². The molecule has 3 aromatic rings. The molecule has 0 heterocycles. The minimum absolute atomic E-state index is 0.112. The zero-order chi connectivity index (χ0) is 34.2. The van der Waals surface area contributed by atoms with E-state index in [2.05, 4.69) is 26.0 Å². The molecule has 0 bridgehead atoms. The SMILES string of the molecule is CC.CC.CC.CC(=O)C1(c2ccccc2)CCC1.CC(=O)Cc1ccccc1.CCCCC.O=C(O)Cc1ccccc1.